The fraction of sp³-hybridized carbons (Fsp3) is 0.0476. The van der Waals surface area contributed by atoms with E-state index in [1.165, 1.54) is 178 Å². The summed E-state index contributed by atoms with van der Waals surface area (Å²) in [6, 6.07) is 169. The minimum atomic E-state index is -0.310. The van der Waals surface area contributed by atoms with Crippen molar-refractivity contribution in [3.63, 3.8) is 0 Å². The van der Waals surface area contributed by atoms with Crippen molar-refractivity contribution in [2.75, 3.05) is 9.80 Å². The Balaban J connectivity index is 0.581. The molecule has 0 bridgehead atoms. The Morgan fingerprint density at radius 1 is 0.162 bits per heavy atom. The molecule has 0 atom stereocenters. The Morgan fingerprint density at radius 3 is 1.22 bits per heavy atom. The number of anilines is 6. The zero-order valence-corrected chi connectivity index (χ0v) is 74.1. The quantitative estimate of drug-likeness (QED) is 0.0944. The summed E-state index contributed by atoms with van der Waals surface area (Å²) < 4.78 is 5.11. The van der Waals surface area contributed by atoms with E-state index in [2.05, 4.69) is 486 Å². The van der Waals surface area contributed by atoms with Gasteiger partial charge in [-0.3, -0.25) is 0 Å². The van der Waals surface area contributed by atoms with Gasteiger partial charge in [-0.05, 0) is 293 Å². The van der Waals surface area contributed by atoms with Gasteiger partial charge in [0, 0.05) is 85.1 Å². The van der Waals surface area contributed by atoms with Crippen LogP contribution in [0.15, 0.2) is 449 Å². The Kier molecular flexibility index (Phi) is 18.1. The average molecular weight is 1690 g/mol. The first kappa shape index (κ1) is 76.8. The van der Waals surface area contributed by atoms with Crippen LogP contribution in [0, 0.1) is 0 Å². The molecule has 0 spiro atoms. The number of para-hydroxylation sites is 1. The average Bonchev–Trinajstić information content (AvgIpc) is 1.73. The summed E-state index contributed by atoms with van der Waals surface area (Å²) in [4.78, 5) is 5.02. The largest absolute Gasteiger partial charge is 0.310 e. The van der Waals surface area contributed by atoms with Crippen molar-refractivity contribution in [1.29, 1.82) is 0 Å². The van der Waals surface area contributed by atoms with Crippen LogP contribution in [-0.2, 0) is 10.8 Å². The fourth-order valence-electron chi connectivity index (χ4n) is 21.3. The van der Waals surface area contributed by atoms with Crippen molar-refractivity contribution in [2.24, 2.45) is 0 Å². The van der Waals surface area contributed by atoms with Gasteiger partial charge in [0.1, 0.15) is 0 Å². The first-order chi connectivity index (χ1) is 63.9. The monoisotopic (exact) mass is 1690 g/mol. The van der Waals surface area contributed by atoms with Crippen LogP contribution in [0.2, 0.25) is 0 Å². The first-order valence-electron chi connectivity index (χ1n) is 45.1. The van der Waals surface area contributed by atoms with E-state index in [4.69, 9.17) is 0 Å². The molecule has 2 aliphatic carbocycles. The molecule has 0 N–H and O–H groups in total. The minimum absolute atomic E-state index is 0.302. The molecule has 4 heteroatoms. The lowest BCUT2D eigenvalue weighted by Gasteiger charge is -2.30. The Labute approximate surface area is 765 Å². The molecule has 2 heterocycles. The minimum Gasteiger partial charge on any atom is -0.310 e. The summed E-state index contributed by atoms with van der Waals surface area (Å²) in [5.74, 6) is 0. The van der Waals surface area contributed by atoms with Crippen molar-refractivity contribution >= 4 is 129 Å². The Bertz CT molecular complexity index is 8520. The van der Waals surface area contributed by atoms with Gasteiger partial charge in [-0.25, -0.2) is 0 Å². The van der Waals surface area contributed by atoms with Gasteiger partial charge in [0.25, 0.3) is 0 Å². The van der Waals surface area contributed by atoms with Gasteiger partial charge in [0.2, 0.25) is 0 Å². The van der Waals surface area contributed by atoms with Crippen LogP contribution >= 0.6 is 22.7 Å². The smallest absolute Gasteiger partial charge is 0.0540 e. The highest BCUT2D eigenvalue weighted by Gasteiger charge is 2.39. The number of nitrogens with zero attached hydrogens (tertiary/aromatic N) is 2. The summed E-state index contributed by atoms with van der Waals surface area (Å²) in [5, 5.41) is 12.7. The molecule has 2 aliphatic rings. The maximum Gasteiger partial charge on any atom is 0.0540 e. The van der Waals surface area contributed by atoms with Crippen molar-refractivity contribution in [2.45, 2.75) is 38.5 Å². The predicted octanol–water partition coefficient (Wildman–Crippen LogP) is 36.4. The highest BCUT2D eigenvalue weighted by molar-refractivity contribution is 7.26. The summed E-state index contributed by atoms with van der Waals surface area (Å²) in [5.41, 5.74) is 37.7. The summed E-state index contributed by atoms with van der Waals surface area (Å²) in [6.07, 6.45) is 0. The van der Waals surface area contributed by atoms with E-state index in [1.54, 1.807) is 0 Å². The summed E-state index contributed by atoms with van der Waals surface area (Å²) in [6.45, 7) is 9.66. The van der Waals surface area contributed by atoms with Crippen LogP contribution in [0.4, 0.5) is 34.1 Å². The normalized spacial score (nSPS) is 12.9. The van der Waals surface area contributed by atoms with Crippen LogP contribution in [-0.4, -0.2) is 0 Å². The number of benzene rings is 21. The van der Waals surface area contributed by atoms with Gasteiger partial charge in [0.15, 0.2) is 0 Å². The predicted molar refractivity (Wildman–Crippen MR) is 558 cm³/mol. The molecule has 0 unspecified atom stereocenters. The lowest BCUT2D eigenvalue weighted by molar-refractivity contribution is 0.660. The molecule has 23 aromatic rings. The highest BCUT2D eigenvalue weighted by Crippen LogP contribution is 2.57. The first-order valence-corrected chi connectivity index (χ1v) is 46.8. The van der Waals surface area contributed by atoms with Gasteiger partial charge in [-0.1, -0.05) is 349 Å². The van der Waals surface area contributed by atoms with E-state index in [9.17, 15) is 0 Å². The van der Waals surface area contributed by atoms with E-state index in [0.29, 0.717) is 0 Å². The second-order valence-electron chi connectivity index (χ2n) is 36.2. The number of thiophene rings is 2. The molecule has 2 nitrogen and oxygen atoms in total. The van der Waals surface area contributed by atoms with E-state index in [1.807, 2.05) is 22.7 Å². The van der Waals surface area contributed by atoms with Crippen LogP contribution < -0.4 is 9.80 Å². The SMILES string of the molecule is CC1(C)c2cc(-c3ccc4ccccc4c3)ccc2-c2ccc(N(c3cccc(-c4ccc5sc6ccccc6c5c4)c3)c3ccc(-c4ccc5c(c4)sc4ccc(-c6ccc(N(c7ccc8c(c7)C(C)(C)c7cc(-c9cc%10ccccc%10c%10ccccc9%10)ccc7-8)c7ccccc7-c7ccc(-c8ccccc8)cc7)cc6)cc45)cc3-c3ccc(-c4ccccc4)cc3)cc21. The van der Waals surface area contributed by atoms with E-state index in [0.717, 1.165) is 73.1 Å². The maximum absolute atomic E-state index is 2.53. The van der Waals surface area contributed by atoms with Crippen LogP contribution in [0.1, 0.15) is 49.9 Å². The molecule has 0 saturated carbocycles. The number of hydrogen-bond donors (Lipinski definition) is 0. The highest BCUT2D eigenvalue weighted by atomic mass is 32.1. The molecule has 25 rings (SSSR count). The Hall–Kier alpha value is -15.6. The molecular weight excluding hydrogens is 1610 g/mol. The third-order valence-corrected chi connectivity index (χ3v) is 30.3. The molecule has 0 amide bonds. The molecular formula is C126H86N2S2. The maximum atomic E-state index is 2.53. The molecule has 0 saturated heterocycles. The van der Waals surface area contributed by atoms with E-state index in [-0.39, 0.29) is 10.8 Å². The zero-order chi connectivity index (χ0) is 86.5. The topological polar surface area (TPSA) is 6.48 Å². The summed E-state index contributed by atoms with van der Waals surface area (Å²) >= 11 is 3.74. The van der Waals surface area contributed by atoms with E-state index < -0.39 is 0 Å². The fourth-order valence-corrected chi connectivity index (χ4v) is 23.5. The van der Waals surface area contributed by atoms with Crippen molar-refractivity contribution in [3.05, 3.63) is 471 Å². The lowest BCUT2D eigenvalue weighted by Crippen LogP contribution is -2.17. The summed E-state index contributed by atoms with van der Waals surface area (Å²) in [7, 11) is 0. The van der Waals surface area contributed by atoms with Gasteiger partial charge in [-0.2, -0.15) is 0 Å². The van der Waals surface area contributed by atoms with Crippen molar-refractivity contribution in [3.8, 4) is 122 Å². The molecule has 0 fully saturated rings. The molecule has 130 heavy (non-hydrogen) atoms. The van der Waals surface area contributed by atoms with E-state index >= 15 is 0 Å². The molecule has 2 aromatic heterocycles. The van der Waals surface area contributed by atoms with Gasteiger partial charge >= 0.3 is 0 Å². The van der Waals surface area contributed by atoms with Gasteiger partial charge < -0.3 is 9.80 Å². The molecule has 21 aromatic carbocycles. The van der Waals surface area contributed by atoms with Crippen molar-refractivity contribution < 1.29 is 0 Å². The van der Waals surface area contributed by atoms with Crippen LogP contribution in [0.3, 0.4) is 0 Å². The molecule has 0 radical (unpaired) electrons. The van der Waals surface area contributed by atoms with Crippen molar-refractivity contribution in [1.82, 2.24) is 0 Å². The zero-order valence-electron chi connectivity index (χ0n) is 72.4. The Morgan fingerprint density at radius 2 is 0.546 bits per heavy atom. The number of fused-ring (bicyclic) bond motifs is 16. The van der Waals surface area contributed by atoms with Gasteiger partial charge in [-0.15, -0.1) is 22.7 Å². The van der Waals surface area contributed by atoms with Crippen LogP contribution in [0.25, 0.3) is 195 Å². The molecule has 612 valence electrons. The molecule has 0 aliphatic heterocycles. The van der Waals surface area contributed by atoms with Crippen LogP contribution in [0.5, 0.6) is 0 Å². The lowest BCUT2D eigenvalue weighted by atomic mass is 9.81. The number of rotatable bonds is 15. The second-order valence-corrected chi connectivity index (χ2v) is 38.4. The standard InChI is InChI=1S/C126H86N2S2/c1-125(2)115-74-93(89-47-42-81-26-11-12-27-87(81)68-89)50-60-105(115)107-64-59-100(78-118(107)125)128(98-30-21-29-88(69-98)92-55-67-122-113(72-92)109-35-18-20-37-121(109)129-122)120-65-53-91(70-112(120)86-45-40-83(41-46-86)80-24-9-6-10-25-80)94-51-62-110-114-71-90(54-66-123(114)130-124(110)76-94)84-48-56-97(57-49-84)127(119-36-19-17-32-102(119)85-43-38-82(39-44-85)79-22-7-5-8-23-79)99-58-63-108-106-61-52-96(75-116(106)126(3,4)117(108)77-99)111-73-95-28-13-14-31-101(95)103-33-15-16-34-104(103)111/h5-78H,1-4H3. The third-order valence-electron chi connectivity index (χ3n) is 28.1. The number of hydrogen-bond acceptors (Lipinski definition) is 4. The second kappa shape index (κ2) is 30.6. The van der Waals surface area contributed by atoms with Gasteiger partial charge in [0.05, 0.1) is 11.4 Å². The third kappa shape index (κ3) is 12.9.